The van der Waals surface area contributed by atoms with E-state index in [1.54, 1.807) is 13.2 Å². The molecule has 0 fully saturated rings. The molecule has 0 saturated carbocycles. The number of hydrogen-bond acceptors (Lipinski definition) is 4. The van der Waals surface area contributed by atoms with Crippen LogP contribution in [0.3, 0.4) is 0 Å². The smallest absolute Gasteiger partial charge is 0.258 e. The van der Waals surface area contributed by atoms with Crippen LogP contribution >= 0.6 is 0 Å². The first-order valence-corrected chi connectivity index (χ1v) is 6.93. The molecule has 0 aliphatic carbocycles. The van der Waals surface area contributed by atoms with Crippen LogP contribution in [0.4, 0.5) is 0 Å². The third-order valence-corrected chi connectivity index (χ3v) is 3.20. The van der Waals surface area contributed by atoms with Crippen molar-refractivity contribution in [3.63, 3.8) is 0 Å². The number of nitrogens with one attached hydrogen (secondary N) is 1. The molecule has 0 atom stereocenters. The molecule has 1 rings (SSSR count). The first-order valence-electron chi connectivity index (χ1n) is 6.93. The van der Waals surface area contributed by atoms with E-state index in [9.17, 15) is 4.79 Å². The highest BCUT2D eigenvalue weighted by Crippen LogP contribution is 2.24. The zero-order chi connectivity index (χ0) is 15.0. The maximum atomic E-state index is 11.8. The molecule has 0 saturated heterocycles. The van der Waals surface area contributed by atoms with Gasteiger partial charge in [0.25, 0.3) is 5.91 Å². The summed E-state index contributed by atoms with van der Waals surface area (Å²) >= 11 is 0. The van der Waals surface area contributed by atoms with Crippen molar-refractivity contribution >= 4 is 5.91 Å². The second-order valence-corrected chi connectivity index (χ2v) is 4.55. The Morgan fingerprint density at radius 1 is 1.35 bits per heavy atom. The highest BCUT2D eigenvalue weighted by Gasteiger charge is 2.11. The Labute approximate surface area is 120 Å². The van der Waals surface area contributed by atoms with Crippen molar-refractivity contribution in [3.05, 3.63) is 23.8 Å². The van der Waals surface area contributed by atoms with E-state index in [2.05, 4.69) is 5.32 Å². The van der Waals surface area contributed by atoms with Gasteiger partial charge in [0.1, 0.15) is 11.5 Å². The van der Waals surface area contributed by atoms with Crippen LogP contribution in [0.15, 0.2) is 18.2 Å². The Balaban J connectivity index is 2.62. The lowest BCUT2D eigenvalue weighted by Crippen LogP contribution is -2.37. The van der Waals surface area contributed by atoms with E-state index in [0.29, 0.717) is 18.0 Å². The van der Waals surface area contributed by atoms with Crippen molar-refractivity contribution in [1.82, 2.24) is 5.32 Å². The maximum Gasteiger partial charge on any atom is 0.258 e. The molecule has 0 unspecified atom stereocenters. The van der Waals surface area contributed by atoms with Gasteiger partial charge in [-0.2, -0.15) is 0 Å². The zero-order valence-corrected chi connectivity index (χ0v) is 12.4. The molecule has 112 valence electrons. The fraction of sp³-hybridized carbons (Fsp3) is 0.533. The van der Waals surface area contributed by atoms with E-state index in [4.69, 9.17) is 15.2 Å². The lowest BCUT2D eigenvalue weighted by atomic mass is 10.2. The summed E-state index contributed by atoms with van der Waals surface area (Å²) in [6, 6.07) is 5.60. The monoisotopic (exact) mass is 280 g/mol. The predicted octanol–water partition coefficient (Wildman–Crippen LogP) is 1.84. The van der Waals surface area contributed by atoms with Crippen molar-refractivity contribution < 1.29 is 14.3 Å². The molecule has 0 aliphatic heterocycles. The summed E-state index contributed by atoms with van der Waals surface area (Å²) in [5.41, 5.74) is 6.50. The van der Waals surface area contributed by atoms with E-state index in [-0.39, 0.29) is 18.6 Å². The SMILES string of the molecule is CCC(CC)NC(=O)COc1cc(OC)ccc1CN. The van der Waals surface area contributed by atoms with Crippen LogP contribution in [0.25, 0.3) is 0 Å². The average Bonchev–Trinajstić information content (AvgIpc) is 2.50. The third-order valence-electron chi connectivity index (χ3n) is 3.20. The number of ether oxygens (including phenoxy) is 2. The average molecular weight is 280 g/mol. The Morgan fingerprint density at radius 3 is 2.60 bits per heavy atom. The third kappa shape index (κ3) is 4.74. The topological polar surface area (TPSA) is 73.6 Å². The van der Waals surface area contributed by atoms with Gasteiger partial charge in [0.2, 0.25) is 0 Å². The lowest BCUT2D eigenvalue weighted by Gasteiger charge is -2.16. The molecular weight excluding hydrogens is 256 g/mol. The fourth-order valence-corrected chi connectivity index (χ4v) is 1.87. The maximum absolute atomic E-state index is 11.8. The summed E-state index contributed by atoms with van der Waals surface area (Å²) in [4.78, 5) is 11.8. The zero-order valence-electron chi connectivity index (χ0n) is 12.4. The van der Waals surface area contributed by atoms with Gasteiger partial charge in [-0.25, -0.2) is 0 Å². The molecule has 5 heteroatoms. The van der Waals surface area contributed by atoms with Gasteiger partial charge in [0.15, 0.2) is 6.61 Å². The minimum Gasteiger partial charge on any atom is -0.497 e. The van der Waals surface area contributed by atoms with Crippen LogP contribution in [-0.4, -0.2) is 25.7 Å². The highest BCUT2D eigenvalue weighted by molar-refractivity contribution is 5.77. The van der Waals surface area contributed by atoms with Crippen molar-refractivity contribution in [2.75, 3.05) is 13.7 Å². The summed E-state index contributed by atoms with van der Waals surface area (Å²) in [5.74, 6) is 1.15. The van der Waals surface area contributed by atoms with E-state index in [0.717, 1.165) is 18.4 Å². The fourth-order valence-electron chi connectivity index (χ4n) is 1.87. The molecule has 1 aromatic carbocycles. The van der Waals surface area contributed by atoms with Gasteiger partial charge in [-0.3, -0.25) is 4.79 Å². The first-order chi connectivity index (χ1) is 9.64. The number of hydrogen-bond donors (Lipinski definition) is 2. The van der Waals surface area contributed by atoms with Gasteiger partial charge < -0.3 is 20.5 Å². The number of carbonyl (C=O) groups excluding carboxylic acids is 1. The van der Waals surface area contributed by atoms with E-state index >= 15 is 0 Å². The quantitative estimate of drug-likeness (QED) is 0.762. The molecule has 0 heterocycles. The summed E-state index contributed by atoms with van der Waals surface area (Å²) in [6.45, 7) is 4.43. The Morgan fingerprint density at radius 2 is 2.05 bits per heavy atom. The largest absolute Gasteiger partial charge is 0.497 e. The van der Waals surface area contributed by atoms with Crippen LogP contribution < -0.4 is 20.5 Å². The number of benzene rings is 1. The van der Waals surface area contributed by atoms with E-state index < -0.39 is 0 Å². The van der Waals surface area contributed by atoms with Crippen LogP contribution in [-0.2, 0) is 11.3 Å². The molecule has 0 aliphatic rings. The second kappa shape index (κ2) is 8.43. The van der Waals surface area contributed by atoms with Crippen LogP contribution in [0.1, 0.15) is 32.3 Å². The molecular formula is C15H24N2O3. The van der Waals surface area contributed by atoms with Gasteiger partial charge in [-0.05, 0) is 18.9 Å². The van der Waals surface area contributed by atoms with Gasteiger partial charge in [-0.15, -0.1) is 0 Å². The summed E-state index contributed by atoms with van der Waals surface area (Å²) < 4.78 is 10.7. The van der Waals surface area contributed by atoms with E-state index in [1.165, 1.54) is 0 Å². The second-order valence-electron chi connectivity index (χ2n) is 4.55. The molecule has 0 bridgehead atoms. The Hall–Kier alpha value is -1.75. The minimum atomic E-state index is -0.121. The van der Waals surface area contributed by atoms with Gasteiger partial charge >= 0.3 is 0 Å². The van der Waals surface area contributed by atoms with Gasteiger partial charge in [0, 0.05) is 24.2 Å². The number of rotatable bonds is 8. The van der Waals surface area contributed by atoms with E-state index in [1.807, 2.05) is 26.0 Å². The molecule has 20 heavy (non-hydrogen) atoms. The molecule has 0 spiro atoms. The van der Waals surface area contributed by atoms with Gasteiger partial charge in [0.05, 0.1) is 7.11 Å². The van der Waals surface area contributed by atoms with Crippen molar-refractivity contribution in [2.45, 2.75) is 39.3 Å². The molecule has 0 aromatic heterocycles. The first kappa shape index (κ1) is 16.3. The number of amides is 1. The summed E-state index contributed by atoms with van der Waals surface area (Å²) in [7, 11) is 1.58. The molecule has 0 radical (unpaired) electrons. The number of methoxy groups -OCH3 is 1. The van der Waals surface area contributed by atoms with Crippen molar-refractivity contribution in [3.8, 4) is 11.5 Å². The predicted molar refractivity (Wildman–Crippen MR) is 78.9 cm³/mol. The van der Waals surface area contributed by atoms with Crippen LogP contribution in [0, 0.1) is 0 Å². The normalized spacial score (nSPS) is 10.4. The van der Waals surface area contributed by atoms with Crippen LogP contribution in [0.2, 0.25) is 0 Å². The Kier molecular flexibility index (Phi) is 6.87. The number of nitrogens with two attached hydrogens (primary N) is 1. The van der Waals surface area contributed by atoms with Gasteiger partial charge in [-0.1, -0.05) is 19.9 Å². The van der Waals surface area contributed by atoms with Crippen molar-refractivity contribution in [2.24, 2.45) is 5.73 Å². The van der Waals surface area contributed by atoms with Crippen molar-refractivity contribution in [1.29, 1.82) is 0 Å². The molecule has 5 nitrogen and oxygen atoms in total. The molecule has 1 amide bonds. The van der Waals surface area contributed by atoms with Crippen LogP contribution in [0.5, 0.6) is 11.5 Å². The molecule has 1 aromatic rings. The highest BCUT2D eigenvalue weighted by atomic mass is 16.5. The summed E-state index contributed by atoms with van der Waals surface area (Å²) in [5, 5.41) is 2.93. The Bertz CT molecular complexity index is 431. The lowest BCUT2D eigenvalue weighted by molar-refractivity contribution is -0.123. The summed E-state index contributed by atoms with van der Waals surface area (Å²) in [6.07, 6.45) is 1.82. The standard InChI is InChI=1S/C15H24N2O3/c1-4-12(5-2)17-15(18)10-20-14-8-13(19-3)7-6-11(14)9-16/h6-8,12H,4-5,9-10,16H2,1-3H3,(H,17,18). The number of carbonyl (C=O) groups is 1. The molecule has 3 N–H and O–H groups in total. The minimum absolute atomic E-state index is 0.0172.